The minimum absolute atomic E-state index is 0.312. The molecule has 0 saturated heterocycles. The molecule has 0 aliphatic heterocycles. The molecule has 0 radical (unpaired) electrons. The Bertz CT molecular complexity index is 484. The molecule has 0 aliphatic carbocycles. The van der Waals surface area contributed by atoms with E-state index in [2.05, 4.69) is 20.9 Å². The molecule has 2 aromatic rings. The van der Waals surface area contributed by atoms with Gasteiger partial charge in [0.2, 0.25) is 0 Å². The fraction of sp³-hybridized carbons (Fsp3) is 0.154. The summed E-state index contributed by atoms with van der Waals surface area (Å²) < 4.78 is 13.8. The lowest BCUT2D eigenvalue weighted by Crippen LogP contribution is -2.02. The topological polar surface area (TPSA) is 33.1 Å². The summed E-state index contributed by atoms with van der Waals surface area (Å²) in [7, 11) is 0. The molecule has 0 aliphatic rings. The van der Waals surface area contributed by atoms with E-state index < -0.39 is 6.10 Å². The van der Waals surface area contributed by atoms with Crippen LogP contribution in [0.3, 0.4) is 0 Å². The van der Waals surface area contributed by atoms with Crippen LogP contribution in [0.1, 0.15) is 17.2 Å². The Morgan fingerprint density at radius 1 is 1.35 bits per heavy atom. The van der Waals surface area contributed by atoms with Gasteiger partial charge in [0.05, 0.1) is 6.10 Å². The first-order valence-corrected chi connectivity index (χ1v) is 5.97. The molecule has 0 bridgehead atoms. The molecule has 4 heteroatoms. The van der Waals surface area contributed by atoms with Gasteiger partial charge in [-0.2, -0.15) is 0 Å². The zero-order chi connectivity index (χ0) is 12.3. The van der Waals surface area contributed by atoms with Gasteiger partial charge >= 0.3 is 0 Å². The van der Waals surface area contributed by atoms with Crippen LogP contribution in [0.5, 0.6) is 0 Å². The van der Waals surface area contributed by atoms with Crippen molar-refractivity contribution < 1.29 is 9.50 Å². The summed E-state index contributed by atoms with van der Waals surface area (Å²) in [5.74, 6) is -0.312. The predicted octanol–water partition coefficient (Wildman–Crippen LogP) is 3.26. The van der Waals surface area contributed by atoms with Gasteiger partial charge in [0.1, 0.15) is 5.82 Å². The minimum Gasteiger partial charge on any atom is -0.388 e. The summed E-state index contributed by atoms with van der Waals surface area (Å²) in [6.07, 6.45) is 2.95. The molecule has 1 aromatic carbocycles. The first kappa shape index (κ1) is 12.2. The van der Waals surface area contributed by atoms with Crippen molar-refractivity contribution in [2.24, 2.45) is 0 Å². The Labute approximate surface area is 107 Å². The van der Waals surface area contributed by atoms with Gasteiger partial charge in [-0.3, -0.25) is 4.98 Å². The van der Waals surface area contributed by atoms with E-state index in [1.807, 2.05) is 0 Å². The van der Waals surface area contributed by atoms with Crippen LogP contribution in [0, 0.1) is 5.82 Å². The zero-order valence-electron chi connectivity index (χ0n) is 8.98. The van der Waals surface area contributed by atoms with E-state index >= 15 is 0 Å². The fourth-order valence-corrected chi connectivity index (χ4v) is 2.16. The Morgan fingerprint density at radius 3 is 2.82 bits per heavy atom. The largest absolute Gasteiger partial charge is 0.388 e. The molecule has 2 nitrogen and oxygen atoms in total. The average molecular weight is 296 g/mol. The number of hydrogen-bond acceptors (Lipinski definition) is 2. The number of rotatable bonds is 3. The SMILES string of the molecule is OC(Cc1cc(F)cc(Br)c1)c1cccnc1. The smallest absolute Gasteiger partial charge is 0.124 e. The highest BCUT2D eigenvalue weighted by molar-refractivity contribution is 9.10. The van der Waals surface area contributed by atoms with Gasteiger partial charge in [-0.25, -0.2) is 4.39 Å². The van der Waals surface area contributed by atoms with Gasteiger partial charge in [-0.15, -0.1) is 0 Å². The summed E-state index contributed by atoms with van der Waals surface area (Å²) in [4.78, 5) is 3.94. The summed E-state index contributed by atoms with van der Waals surface area (Å²) in [6.45, 7) is 0. The van der Waals surface area contributed by atoms with Gasteiger partial charge in [0, 0.05) is 23.3 Å². The third-order valence-electron chi connectivity index (χ3n) is 2.42. The van der Waals surface area contributed by atoms with E-state index in [0.29, 0.717) is 10.9 Å². The molecule has 1 atom stereocenters. The van der Waals surface area contributed by atoms with Crippen molar-refractivity contribution in [3.05, 3.63) is 64.1 Å². The molecular formula is C13H11BrFNO. The summed E-state index contributed by atoms with van der Waals surface area (Å²) in [6, 6.07) is 8.17. The maximum atomic E-state index is 13.2. The molecule has 1 N–H and O–H groups in total. The maximum absolute atomic E-state index is 13.2. The number of aliphatic hydroxyl groups is 1. The van der Waals surface area contributed by atoms with Crippen molar-refractivity contribution in [3.8, 4) is 0 Å². The lowest BCUT2D eigenvalue weighted by atomic mass is 10.0. The normalized spacial score (nSPS) is 12.4. The average Bonchev–Trinajstić information content (AvgIpc) is 2.28. The first-order valence-electron chi connectivity index (χ1n) is 5.18. The quantitative estimate of drug-likeness (QED) is 0.943. The summed E-state index contributed by atoms with van der Waals surface area (Å²) in [5, 5.41) is 9.98. The van der Waals surface area contributed by atoms with Gasteiger partial charge in [0.25, 0.3) is 0 Å². The summed E-state index contributed by atoms with van der Waals surface area (Å²) >= 11 is 3.23. The lowest BCUT2D eigenvalue weighted by Gasteiger charge is -2.10. The number of aromatic nitrogens is 1. The van der Waals surface area contributed by atoms with Crippen LogP contribution >= 0.6 is 15.9 Å². The summed E-state index contributed by atoms with van der Waals surface area (Å²) in [5.41, 5.74) is 1.47. The fourth-order valence-electron chi connectivity index (χ4n) is 1.64. The van der Waals surface area contributed by atoms with Crippen molar-refractivity contribution in [1.82, 2.24) is 4.98 Å². The molecule has 0 amide bonds. The van der Waals surface area contributed by atoms with Crippen molar-refractivity contribution in [2.45, 2.75) is 12.5 Å². The molecule has 0 saturated carbocycles. The molecule has 1 aromatic heterocycles. The highest BCUT2D eigenvalue weighted by Crippen LogP contribution is 2.21. The molecule has 0 spiro atoms. The molecule has 1 unspecified atom stereocenters. The molecule has 2 rings (SSSR count). The molecule has 17 heavy (non-hydrogen) atoms. The maximum Gasteiger partial charge on any atom is 0.124 e. The van der Waals surface area contributed by atoms with Crippen LogP contribution in [-0.2, 0) is 6.42 Å². The number of aliphatic hydroxyl groups excluding tert-OH is 1. The van der Waals surface area contributed by atoms with E-state index in [4.69, 9.17) is 0 Å². The molecular weight excluding hydrogens is 285 g/mol. The second kappa shape index (κ2) is 5.38. The minimum atomic E-state index is -0.669. The molecule has 1 heterocycles. The predicted molar refractivity (Wildman–Crippen MR) is 67.0 cm³/mol. The lowest BCUT2D eigenvalue weighted by molar-refractivity contribution is 0.178. The van der Waals surface area contributed by atoms with Gasteiger partial charge in [-0.1, -0.05) is 22.0 Å². The number of nitrogens with zero attached hydrogens (tertiary/aromatic N) is 1. The third kappa shape index (κ3) is 3.35. The van der Waals surface area contributed by atoms with Crippen molar-refractivity contribution in [1.29, 1.82) is 0 Å². The number of hydrogen-bond donors (Lipinski definition) is 1. The van der Waals surface area contributed by atoms with Crippen LogP contribution in [0.15, 0.2) is 47.2 Å². The third-order valence-corrected chi connectivity index (χ3v) is 2.88. The van der Waals surface area contributed by atoms with Crippen LogP contribution in [0.2, 0.25) is 0 Å². The standard InChI is InChI=1S/C13H11BrFNO/c14-11-4-9(5-12(15)7-11)6-13(17)10-2-1-3-16-8-10/h1-5,7-8,13,17H,6H2. The van der Waals surface area contributed by atoms with Crippen molar-refractivity contribution >= 4 is 15.9 Å². The highest BCUT2D eigenvalue weighted by atomic mass is 79.9. The van der Waals surface area contributed by atoms with E-state index in [-0.39, 0.29) is 5.82 Å². The van der Waals surface area contributed by atoms with Crippen LogP contribution < -0.4 is 0 Å². The van der Waals surface area contributed by atoms with Crippen LogP contribution in [-0.4, -0.2) is 10.1 Å². The van der Waals surface area contributed by atoms with E-state index in [9.17, 15) is 9.50 Å². The Hall–Kier alpha value is -1.26. The van der Waals surface area contributed by atoms with Gasteiger partial charge < -0.3 is 5.11 Å². The van der Waals surface area contributed by atoms with Gasteiger partial charge in [-0.05, 0) is 35.4 Å². The second-order valence-electron chi connectivity index (χ2n) is 3.78. The number of benzene rings is 1. The molecule has 88 valence electrons. The zero-order valence-corrected chi connectivity index (χ0v) is 10.6. The van der Waals surface area contributed by atoms with E-state index in [1.54, 1.807) is 30.6 Å². The molecule has 0 fully saturated rings. The van der Waals surface area contributed by atoms with Gasteiger partial charge in [0.15, 0.2) is 0 Å². The Morgan fingerprint density at radius 2 is 2.18 bits per heavy atom. The monoisotopic (exact) mass is 295 g/mol. The first-order chi connectivity index (χ1) is 8.15. The number of pyridine rings is 1. The van der Waals surface area contributed by atoms with Crippen molar-refractivity contribution in [3.63, 3.8) is 0 Å². The second-order valence-corrected chi connectivity index (χ2v) is 4.70. The highest BCUT2D eigenvalue weighted by Gasteiger charge is 2.09. The van der Waals surface area contributed by atoms with Crippen LogP contribution in [0.4, 0.5) is 4.39 Å². The van der Waals surface area contributed by atoms with Crippen LogP contribution in [0.25, 0.3) is 0 Å². The number of halogens is 2. The van der Waals surface area contributed by atoms with E-state index in [0.717, 1.165) is 11.1 Å². The van der Waals surface area contributed by atoms with E-state index in [1.165, 1.54) is 12.1 Å². The Balaban J connectivity index is 2.16. The Kier molecular flexibility index (Phi) is 3.86. The van der Waals surface area contributed by atoms with Crippen molar-refractivity contribution in [2.75, 3.05) is 0 Å².